The monoisotopic (exact) mass is 488 g/mol. The van der Waals surface area contributed by atoms with Crippen molar-refractivity contribution >= 4 is 17.6 Å². The maximum atomic E-state index is 13.4. The first-order valence-corrected chi connectivity index (χ1v) is 13.2. The lowest BCUT2D eigenvalue weighted by Crippen LogP contribution is -2.42. The number of benzene rings is 2. The number of hydrogen-bond donors (Lipinski definition) is 1. The van der Waals surface area contributed by atoms with Gasteiger partial charge in [-0.1, -0.05) is 82.1 Å². The number of carbonyl (C=O) groups excluding carboxylic acids is 2. The van der Waals surface area contributed by atoms with Gasteiger partial charge < -0.3 is 10.2 Å². The van der Waals surface area contributed by atoms with Gasteiger partial charge in [-0.05, 0) is 50.3 Å². The molecule has 36 heavy (non-hydrogen) atoms. The number of aryl methyl sites for hydroxylation is 2. The molecular formula is C30H40N4O2. The minimum Gasteiger partial charge on any atom is -0.333 e. The number of nitrogens with one attached hydrogen (secondary N) is 1. The van der Waals surface area contributed by atoms with E-state index in [2.05, 4.69) is 19.2 Å². The predicted octanol–water partition coefficient (Wildman–Crippen LogP) is 6.55. The highest BCUT2D eigenvalue weighted by Crippen LogP contribution is 2.34. The van der Waals surface area contributed by atoms with Crippen LogP contribution in [0.4, 0.5) is 5.82 Å². The van der Waals surface area contributed by atoms with Gasteiger partial charge in [0.25, 0.3) is 0 Å². The molecule has 2 amide bonds. The van der Waals surface area contributed by atoms with Crippen molar-refractivity contribution in [3.63, 3.8) is 0 Å². The summed E-state index contributed by atoms with van der Waals surface area (Å²) in [4.78, 5) is 28.5. The number of para-hydroxylation sites is 1. The first kappa shape index (κ1) is 27.2. The quantitative estimate of drug-likeness (QED) is 0.314. The third-order valence-corrected chi connectivity index (χ3v) is 6.61. The molecule has 0 aliphatic rings. The predicted molar refractivity (Wildman–Crippen MR) is 147 cm³/mol. The minimum atomic E-state index is -0.214. The second-order valence-electron chi connectivity index (χ2n) is 9.43. The number of aromatic nitrogens is 2. The largest absolute Gasteiger partial charge is 0.333 e. The van der Waals surface area contributed by atoms with Crippen LogP contribution in [-0.2, 0) is 9.59 Å². The number of carbonyl (C=O) groups is 2. The zero-order valence-corrected chi connectivity index (χ0v) is 22.4. The molecular weight excluding hydrogens is 448 g/mol. The molecule has 1 atom stereocenters. The lowest BCUT2D eigenvalue weighted by molar-refractivity contribution is -0.138. The van der Waals surface area contributed by atoms with Crippen molar-refractivity contribution in [2.75, 3.05) is 18.4 Å². The molecule has 0 radical (unpaired) electrons. The van der Waals surface area contributed by atoms with Crippen molar-refractivity contribution in [3.05, 3.63) is 65.9 Å². The van der Waals surface area contributed by atoms with Gasteiger partial charge in [-0.3, -0.25) is 9.59 Å². The average molecular weight is 489 g/mol. The van der Waals surface area contributed by atoms with Crippen molar-refractivity contribution in [2.24, 2.45) is 5.92 Å². The van der Waals surface area contributed by atoms with E-state index < -0.39 is 0 Å². The van der Waals surface area contributed by atoms with Crippen LogP contribution in [0.3, 0.4) is 0 Å². The van der Waals surface area contributed by atoms with E-state index in [9.17, 15) is 9.59 Å². The number of rotatable bonds is 12. The van der Waals surface area contributed by atoms with Crippen LogP contribution in [0.15, 0.2) is 54.6 Å². The molecule has 1 unspecified atom stereocenters. The Morgan fingerprint density at radius 1 is 0.972 bits per heavy atom. The number of hydrogen-bond acceptors (Lipinski definition) is 3. The van der Waals surface area contributed by atoms with Crippen molar-refractivity contribution in [1.82, 2.24) is 14.7 Å². The SMILES string of the molecule is CCCCC(CC)C(=O)N(CCC)CC(=O)Nc1c(-c2ccccc2)c(C)nn1-c1ccccc1C. The summed E-state index contributed by atoms with van der Waals surface area (Å²) >= 11 is 0. The van der Waals surface area contributed by atoms with E-state index in [1.165, 1.54) is 0 Å². The van der Waals surface area contributed by atoms with Gasteiger partial charge in [-0.15, -0.1) is 0 Å². The molecule has 6 nitrogen and oxygen atoms in total. The van der Waals surface area contributed by atoms with Crippen LogP contribution in [0.5, 0.6) is 0 Å². The first-order valence-electron chi connectivity index (χ1n) is 13.2. The maximum absolute atomic E-state index is 13.4. The molecule has 1 N–H and O–H groups in total. The fourth-order valence-electron chi connectivity index (χ4n) is 4.66. The Labute approximate surface area is 215 Å². The molecule has 0 spiro atoms. The Morgan fingerprint density at radius 2 is 1.67 bits per heavy atom. The molecule has 0 aliphatic heterocycles. The van der Waals surface area contributed by atoms with Crippen molar-refractivity contribution in [2.45, 2.75) is 66.7 Å². The zero-order chi connectivity index (χ0) is 26.1. The molecule has 1 heterocycles. The van der Waals surface area contributed by atoms with Crippen LogP contribution < -0.4 is 5.32 Å². The minimum absolute atomic E-state index is 0.0293. The summed E-state index contributed by atoms with van der Waals surface area (Å²) in [6, 6.07) is 18.0. The summed E-state index contributed by atoms with van der Waals surface area (Å²) < 4.78 is 1.81. The van der Waals surface area contributed by atoms with E-state index in [0.29, 0.717) is 12.4 Å². The van der Waals surface area contributed by atoms with Crippen LogP contribution in [0.25, 0.3) is 16.8 Å². The van der Waals surface area contributed by atoms with E-state index in [1.54, 1.807) is 4.90 Å². The summed E-state index contributed by atoms with van der Waals surface area (Å²) in [5.74, 6) is 0.452. The Morgan fingerprint density at radius 3 is 2.31 bits per heavy atom. The number of anilines is 1. The first-order chi connectivity index (χ1) is 17.4. The molecule has 192 valence electrons. The lowest BCUT2D eigenvalue weighted by atomic mass is 9.97. The van der Waals surface area contributed by atoms with Gasteiger partial charge in [0, 0.05) is 18.0 Å². The Bertz CT molecular complexity index is 1150. The highest BCUT2D eigenvalue weighted by molar-refractivity contribution is 5.98. The smallest absolute Gasteiger partial charge is 0.245 e. The fraction of sp³-hybridized carbons (Fsp3) is 0.433. The Balaban J connectivity index is 1.95. The van der Waals surface area contributed by atoms with Crippen molar-refractivity contribution in [3.8, 4) is 16.8 Å². The van der Waals surface area contributed by atoms with Gasteiger partial charge in [-0.25, -0.2) is 4.68 Å². The molecule has 6 heteroatoms. The van der Waals surface area contributed by atoms with Crippen LogP contribution in [-0.4, -0.2) is 39.6 Å². The Kier molecular flexibility index (Phi) is 9.86. The van der Waals surface area contributed by atoms with Gasteiger partial charge >= 0.3 is 0 Å². The number of nitrogens with zero attached hydrogens (tertiary/aromatic N) is 3. The second kappa shape index (κ2) is 13.1. The zero-order valence-electron chi connectivity index (χ0n) is 22.4. The van der Waals surface area contributed by atoms with Crippen molar-refractivity contribution in [1.29, 1.82) is 0 Å². The van der Waals surface area contributed by atoms with Gasteiger partial charge in [0.05, 0.1) is 17.9 Å². The number of amides is 2. The van der Waals surface area contributed by atoms with E-state index in [-0.39, 0.29) is 24.3 Å². The molecule has 1 aromatic heterocycles. The summed E-state index contributed by atoms with van der Waals surface area (Å²) in [5.41, 5.74) is 4.66. The second-order valence-corrected chi connectivity index (χ2v) is 9.43. The summed E-state index contributed by atoms with van der Waals surface area (Å²) in [5, 5.41) is 7.95. The summed E-state index contributed by atoms with van der Waals surface area (Å²) in [6.45, 7) is 10.8. The molecule has 0 aliphatic carbocycles. The molecule has 0 fully saturated rings. The average Bonchev–Trinajstić information content (AvgIpc) is 3.19. The van der Waals surface area contributed by atoms with E-state index in [1.807, 2.05) is 80.1 Å². The number of unbranched alkanes of at least 4 members (excludes halogenated alkanes) is 1. The van der Waals surface area contributed by atoms with Crippen molar-refractivity contribution < 1.29 is 9.59 Å². The van der Waals surface area contributed by atoms with Crippen LogP contribution in [0.1, 0.15) is 64.1 Å². The topological polar surface area (TPSA) is 67.2 Å². The normalized spacial score (nSPS) is 11.8. The van der Waals surface area contributed by atoms with Gasteiger partial charge in [0.1, 0.15) is 5.82 Å². The summed E-state index contributed by atoms with van der Waals surface area (Å²) in [6.07, 6.45) is 4.54. The van der Waals surface area contributed by atoms with Crippen LogP contribution in [0, 0.1) is 19.8 Å². The van der Waals surface area contributed by atoms with E-state index >= 15 is 0 Å². The van der Waals surface area contributed by atoms with Crippen LogP contribution in [0.2, 0.25) is 0 Å². The van der Waals surface area contributed by atoms with E-state index in [4.69, 9.17) is 5.10 Å². The maximum Gasteiger partial charge on any atom is 0.245 e. The van der Waals surface area contributed by atoms with Gasteiger partial charge in [0.15, 0.2) is 0 Å². The standard InChI is InChI=1S/C30H40N4O2/c1-6-9-16-24(8-3)30(36)33(20-7-2)21-27(35)31-29-28(25-17-11-10-12-18-25)23(5)32-34(29)26-19-14-13-15-22(26)4/h10-15,17-19,24H,6-9,16,20-21H2,1-5H3,(H,31,35). The van der Waals surface area contributed by atoms with Gasteiger partial charge in [-0.2, -0.15) is 5.10 Å². The molecule has 2 aromatic carbocycles. The highest BCUT2D eigenvalue weighted by Gasteiger charge is 2.26. The summed E-state index contributed by atoms with van der Waals surface area (Å²) in [7, 11) is 0. The van der Waals surface area contributed by atoms with Crippen LogP contribution >= 0.6 is 0 Å². The molecule has 0 saturated heterocycles. The molecule has 0 saturated carbocycles. The Hall–Kier alpha value is -3.41. The van der Waals surface area contributed by atoms with Gasteiger partial charge in [0.2, 0.25) is 11.8 Å². The molecule has 3 rings (SSSR count). The fourth-order valence-corrected chi connectivity index (χ4v) is 4.66. The lowest BCUT2D eigenvalue weighted by Gasteiger charge is -2.26. The molecule has 3 aromatic rings. The third kappa shape index (κ3) is 6.42. The third-order valence-electron chi connectivity index (χ3n) is 6.61. The van der Waals surface area contributed by atoms with E-state index in [0.717, 1.165) is 60.2 Å². The highest BCUT2D eigenvalue weighted by atomic mass is 16.2. The molecule has 0 bridgehead atoms.